The van der Waals surface area contributed by atoms with Crippen molar-refractivity contribution in [3.8, 4) is 5.75 Å². The second kappa shape index (κ2) is 10.6. The predicted molar refractivity (Wildman–Crippen MR) is 121 cm³/mol. The maximum Gasteiger partial charge on any atom is 0.184 e. The van der Waals surface area contributed by atoms with Crippen molar-refractivity contribution in [2.24, 2.45) is 0 Å². The van der Waals surface area contributed by atoms with Crippen LogP contribution in [0.25, 0.3) is 0 Å². The summed E-state index contributed by atoms with van der Waals surface area (Å²) in [7, 11) is -5.37. The van der Waals surface area contributed by atoms with Crippen LogP contribution >= 0.6 is 0 Å². The van der Waals surface area contributed by atoms with Crippen molar-refractivity contribution < 1.29 is 27.1 Å². The predicted octanol–water partition coefficient (Wildman–Crippen LogP) is 4.79. The zero-order valence-electron chi connectivity index (χ0n) is 18.7. The first-order valence-electron chi connectivity index (χ1n) is 11.0. The SMILES string of the molecule is CC[C@](CCS(=O)(=O)CCCO)(O[Si](C)(C)C)c1ccc(F)c(OC2CCCC2)c1. The van der Waals surface area contributed by atoms with Crippen LogP contribution in [0.5, 0.6) is 5.75 Å². The molecule has 0 bridgehead atoms. The molecule has 1 aliphatic carbocycles. The molecular weight excluding hydrogens is 423 g/mol. The molecule has 8 heteroatoms. The van der Waals surface area contributed by atoms with E-state index < -0.39 is 29.6 Å². The second-order valence-electron chi connectivity index (χ2n) is 9.21. The van der Waals surface area contributed by atoms with Crippen LogP contribution < -0.4 is 4.74 Å². The van der Waals surface area contributed by atoms with E-state index in [0.717, 1.165) is 31.2 Å². The van der Waals surface area contributed by atoms with Crippen molar-refractivity contribution in [1.29, 1.82) is 0 Å². The van der Waals surface area contributed by atoms with Crippen molar-refractivity contribution >= 4 is 18.2 Å². The Morgan fingerprint density at radius 2 is 1.87 bits per heavy atom. The maximum absolute atomic E-state index is 14.5. The van der Waals surface area contributed by atoms with Crippen LogP contribution in [0.3, 0.4) is 0 Å². The van der Waals surface area contributed by atoms with Crippen LogP contribution in [-0.4, -0.2) is 46.1 Å². The molecule has 1 atom stereocenters. The fourth-order valence-corrected chi connectivity index (χ4v) is 7.01. The van der Waals surface area contributed by atoms with Crippen molar-refractivity contribution in [3.63, 3.8) is 0 Å². The van der Waals surface area contributed by atoms with Crippen LogP contribution in [0.2, 0.25) is 19.6 Å². The molecular formula is C22H37FO5SSi. The van der Waals surface area contributed by atoms with Gasteiger partial charge in [-0.25, -0.2) is 12.8 Å². The molecule has 1 aromatic rings. The van der Waals surface area contributed by atoms with Gasteiger partial charge in [0.15, 0.2) is 29.7 Å². The second-order valence-corrected chi connectivity index (χ2v) is 15.9. The van der Waals surface area contributed by atoms with Gasteiger partial charge in [0.05, 0.1) is 23.2 Å². The molecule has 0 unspecified atom stereocenters. The van der Waals surface area contributed by atoms with Crippen LogP contribution in [0.15, 0.2) is 18.2 Å². The van der Waals surface area contributed by atoms with Crippen molar-refractivity contribution in [2.75, 3.05) is 18.1 Å². The quantitative estimate of drug-likeness (QED) is 0.454. The number of aliphatic hydroxyl groups excluding tert-OH is 1. The minimum absolute atomic E-state index is 0.0301. The van der Waals surface area contributed by atoms with Gasteiger partial charge in [-0.05, 0) is 82.3 Å². The third kappa shape index (κ3) is 7.32. The molecule has 172 valence electrons. The van der Waals surface area contributed by atoms with E-state index in [0.29, 0.717) is 6.42 Å². The Morgan fingerprint density at radius 3 is 2.43 bits per heavy atom. The fourth-order valence-electron chi connectivity index (χ4n) is 4.06. The molecule has 2 rings (SSSR count). The molecule has 0 aliphatic heterocycles. The summed E-state index contributed by atoms with van der Waals surface area (Å²) in [5, 5.41) is 8.98. The Bertz CT molecular complexity index is 787. The van der Waals surface area contributed by atoms with E-state index in [-0.39, 0.29) is 42.8 Å². The molecule has 0 spiro atoms. The lowest BCUT2D eigenvalue weighted by Crippen LogP contribution is -2.41. The molecule has 1 N–H and O–H groups in total. The number of hydrogen-bond donors (Lipinski definition) is 1. The number of aliphatic hydroxyl groups is 1. The molecule has 1 saturated carbocycles. The molecule has 0 aromatic heterocycles. The summed E-state index contributed by atoms with van der Waals surface area (Å²) in [5.41, 5.74) is -0.0581. The van der Waals surface area contributed by atoms with E-state index in [1.165, 1.54) is 6.07 Å². The van der Waals surface area contributed by atoms with E-state index in [2.05, 4.69) is 19.6 Å². The van der Waals surface area contributed by atoms with Gasteiger partial charge >= 0.3 is 0 Å². The summed E-state index contributed by atoms with van der Waals surface area (Å²) in [6.45, 7) is 8.02. The molecule has 0 heterocycles. The summed E-state index contributed by atoms with van der Waals surface area (Å²) >= 11 is 0. The molecule has 0 saturated heterocycles. The number of hydrogen-bond acceptors (Lipinski definition) is 5. The minimum atomic E-state index is -3.32. The van der Waals surface area contributed by atoms with E-state index in [4.69, 9.17) is 14.3 Å². The smallest absolute Gasteiger partial charge is 0.184 e. The molecule has 30 heavy (non-hydrogen) atoms. The highest BCUT2D eigenvalue weighted by molar-refractivity contribution is 7.91. The Hall–Kier alpha value is -0.963. The Labute approximate surface area is 182 Å². The van der Waals surface area contributed by atoms with Crippen molar-refractivity contribution in [3.05, 3.63) is 29.6 Å². The van der Waals surface area contributed by atoms with Gasteiger partial charge in [0.25, 0.3) is 0 Å². The van der Waals surface area contributed by atoms with Gasteiger partial charge in [-0.3, -0.25) is 0 Å². The van der Waals surface area contributed by atoms with Crippen molar-refractivity contribution in [2.45, 2.75) is 83.2 Å². The summed E-state index contributed by atoms with van der Waals surface area (Å²) in [4.78, 5) is 0. The highest BCUT2D eigenvalue weighted by atomic mass is 32.2. The molecule has 1 aliphatic rings. The summed E-state index contributed by atoms with van der Waals surface area (Å²) in [6, 6.07) is 4.80. The van der Waals surface area contributed by atoms with Crippen LogP contribution in [-0.2, 0) is 19.9 Å². The first kappa shape index (κ1) is 25.3. The number of benzene rings is 1. The largest absolute Gasteiger partial charge is 0.487 e. The lowest BCUT2D eigenvalue weighted by Gasteiger charge is -2.39. The molecule has 5 nitrogen and oxygen atoms in total. The van der Waals surface area contributed by atoms with Crippen LogP contribution in [0.4, 0.5) is 4.39 Å². The molecule has 1 fully saturated rings. The molecule has 0 radical (unpaired) electrons. The fraction of sp³-hybridized carbons (Fsp3) is 0.727. The number of halogens is 1. The van der Waals surface area contributed by atoms with Gasteiger partial charge in [0.1, 0.15) is 0 Å². The Balaban J connectivity index is 2.35. The molecule has 0 amide bonds. The number of sulfone groups is 1. The third-order valence-electron chi connectivity index (χ3n) is 5.56. The lowest BCUT2D eigenvalue weighted by atomic mass is 9.88. The van der Waals surface area contributed by atoms with Gasteiger partial charge < -0.3 is 14.3 Å². The van der Waals surface area contributed by atoms with Gasteiger partial charge in [-0.2, -0.15) is 0 Å². The summed E-state index contributed by atoms with van der Waals surface area (Å²) in [5.74, 6) is -0.268. The van der Waals surface area contributed by atoms with E-state index >= 15 is 0 Å². The average Bonchev–Trinajstić information content (AvgIpc) is 3.18. The van der Waals surface area contributed by atoms with Gasteiger partial charge in [-0.15, -0.1) is 0 Å². The summed E-state index contributed by atoms with van der Waals surface area (Å²) in [6.07, 6.45) is 5.16. The Kier molecular flexibility index (Phi) is 8.91. The summed E-state index contributed by atoms with van der Waals surface area (Å²) < 4.78 is 51.9. The van der Waals surface area contributed by atoms with E-state index in [9.17, 15) is 12.8 Å². The Morgan fingerprint density at radius 1 is 1.20 bits per heavy atom. The topological polar surface area (TPSA) is 72.8 Å². The standard InChI is InChI=1S/C22H37FO5SSi/c1-5-22(28-30(2,3)4,13-16-29(25,26)15-8-14-24)18-11-12-20(23)21(17-18)27-19-9-6-7-10-19/h11-12,17,19,24H,5-10,13-16H2,1-4H3/t22-/m1/s1. The molecule has 1 aromatic carbocycles. The van der Waals surface area contributed by atoms with Crippen molar-refractivity contribution in [1.82, 2.24) is 0 Å². The van der Waals surface area contributed by atoms with E-state index in [1.54, 1.807) is 12.1 Å². The monoisotopic (exact) mass is 460 g/mol. The number of ether oxygens (including phenoxy) is 1. The lowest BCUT2D eigenvalue weighted by molar-refractivity contribution is 0.0491. The van der Waals surface area contributed by atoms with Gasteiger partial charge in [0, 0.05) is 6.61 Å². The van der Waals surface area contributed by atoms with Crippen LogP contribution in [0, 0.1) is 5.82 Å². The van der Waals surface area contributed by atoms with E-state index in [1.807, 2.05) is 6.92 Å². The number of rotatable bonds is 12. The first-order valence-corrected chi connectivity index (χ1v) is 16.2. The minimum Gasteiger partial charge on any atom is -0.487 e. The first-order chi connectivity index (χ1) is 14.0. The zero-order chi connectivity index (χ0) is 22.4. The van der Waals surface area contributed by atoms with Crippen LogP contribution in [0.1, 0.15) is 57.4 Å². The normalized spacial score (nSPS) is 17.8. The highest BCUT2D eigenvalue weighted by Crippen LogP contribution is 2.39. The zero-order valence-corrected chi connectivity index (χ0v) is 20.6. The highest BCUT2D eigenvalue weighted by Gasteiger charge is 2.38. The average molecular weight is 461 g/mol. The maximum atomic E-state index is 14.5. The van der Waals surface area contributed by atoms with Gasteiger partial charge in [0.2, 0.25) is 0 Å². The van der Waals surface area contributed by atoms with Gasteiger partial charge in [-0.1, -0.05) is 13.0 Å². The third-order valence-corrected chi connectivity index (χ3v) is 8.30.